The van der Waals surface area contributed by atoms with E-state index < -0.39 is 5.66 Å². The molecule has 2 aromatic carbocycles. The highest BCUT2D eigenvalue weighted by Crippen LogP contribution is 2.23. The van der Waals surface area contributed by atoms with E-state index in [2.05, 4.69) is 20.8 Å². The van der Waals surface area contributed by atoms with Gasteiger partial charge in [0.1, 0.15) is 27.1 Å². The molecule has 10 heteroatoms. The van der Waals surface area contributed by atoms with Crippen molar-refractivity contribution in [2.24, 2.45) is 10.2 Å². The molecule has 2 aromatic rings. The highest BCUT2D eigenvalue weighted by molar-refractivity contribution is 7.81. The fourth-order valence-electron chi connectivity index (χ4n) is 3.74. The third-order valence-corrected chi connectivity index (χ3v) is 6.78. The molecule has 0 radical (unpaired) electrons. The van der Waals surface area contributed by atoms with Crippen LogP contribution in [0.2, 0.25) is 0 Å². The minimum Gasteiger partial charge on any atom is -0.496 e. The molecular weight excluding hydrogens is 492 g/mol. The molecule has 8 nitrogen and oxygen atoms in total. The molecular formula is C26H34N6O2S2. The number of ether oxygens (including phenoxy) is 2. The molecule has 1 fully saturated rings. The lowest BCUT2D eigenvalue weighted by Crippen LogP contribution is -2.64. The van der Waals surface area contributed by atoms with E-state index >= 15 is 0 Å². The smallest absolute Gasteiger partial charge is 0.146 e. The summed E-state index contributed by atoms with van der Waals surface area (Å²) in [7, 11) is 6.91. The Morgan fingerprint density at radius 3 is 1.64 bits per heavy atom. The number of nitrogens with one attached hydrogen (secondary N) is 2. The summed E-state index contributed by atoms with van der Waals surface area (Å²) >= 11 is 11.4. The molecule has 1 aliphatic heterocycles. The van der Waals surface area contributed by atoms with E-state index in [1.807, 2.05) is 64.3 Å². The van der Waals surface area contributed by atoms with Gasteiger partial charge in [-0.1, -0.05) is 47.7 Å². The van der Waals surface area contributed by atoms with E-state index in [4.69, 9.17) is 33.9 Å². The number of methoxy groups -OCH3 is 2. The van der Waals surface area contributed by atoms with Gasteiger partial charge in [-0.25, -0.2) is 0 Å². The van der Waals surface area contributed by atoms with Gasteiger partial charge in [0.2, 0.25) is 0 Å². The quantitative estimate of drug-likeness (QED) is 0.308. The monoisotopic (exact) mass is 526 g/mol. The lowest BCUT2D eigenvalue weighted by molar-refractivity contribution is 0.386. The molecule has 0 saturated carbocycles. The molecule has 0 bridgehead atoms. The molecule has 0 atom stereocenters. The molecule has 36 heavy (non-hydrogen) atoms. The van der Waals surface area contributed by atoms with Gasteiger partial charge in [0.25, 0.3) is 0 Å². The molecule has 0 aromatic heterocycles. The van der Waals surface area contributed by atoms with Crippen molar-refractivity contribution in [2.75, 3.05) is 41.4 Å². The van der Waals surface area contributed by atoms with Crippen LogP contribution in [0.5, 0.6) is 11.5 Å². The molecule has 0 amide bonds. The molecule has 0 unspecified atom stereocenters. The first-order valence-electron chi connectivity index (χ1n) is 11.7. The number of hydrazone groups is 2. The first kappa shape index (κ1) is 27.7. The molecule has 0 spiro atoms. The van der Waals surface area contributed by atoms with Gasteiger partial charge in [0, 0.05) is 14.1 Å². The highest BCUT2D eigenvalue weighted by Gasteiger charge is 2.29. The largest absolute Gasteiger partial charge is 0.496 e. The van der Waals surface area contributed by atoms with E-state index in [9.17, 15) is 0 Å². The van der Waals surface area contributed by atoms with Crippen LogP contribution in [-0.2, 0) is 0 Å². The molecule has 0 aliphatic carbocycles. The SMILES string of the molecule is COc1ccc(C)cc1C(=S)N(C)/N=C/C1(/C=N/N(C)C(=S)c2cc(C)ccc2OC)NCCCN1. The Morgan fingerprint density at radius 1 is 0.833 bits per heavy atom. The molecule has 3 rings (SSSR count). The summed E-state index contributed by atoms with van der Waals surface area (Å²) in [6.07, 6.45) is 4.54. The van der Waals surface area contributed by atoms with E-state index in [0.717, 1.165) is 41.8 Å². The summed E-state index contributed by atoms with van der Waals surface area (Å²) in [4.78, 5) is 1.11. The fourth-order valence-corrected chi connectivity index (χ4v) is 4.16. The molecule has 1 heterocycles. The second-order valence-corrected chi connectivity index (χ2v) is 9.40. The van der Waals surface area contributed by atoms with Gasteiger partial charge in [-0.3, -0.25) is 20.7 Å². The number of rotatable bonds is 8. The predicted octanol–water partition coefficient (Wildman–Crippen LogP) is 3.49. The number of aryl methyl sites for hydroxylation is 2. The number of nitrogens with zero attached hydrogens (tertiary/aromatic N) is 4. The zero-order valence-electron chi connectivity index (χ0n) is 21.7. The Bertz CT molecular complexity index is 1080. The third-order valence-electron chi connectivity index (χ3n) is 5.82. The topological polar surface area (TPSA) is 73.7 Å². The van der Waals surface area contributed by atoms with Crippen molar-refractivity contribution in [3.05, 3.63) is 58.7 Å². The van der Waals surface area contributed by atoms with Gasteiger partial charge in [0.15, 0.2) is 0 Å². The van der Waals surface area contributed by atoms with Crippen molar-refractivity contribution < 1.29 is 9.47 Å². The summed E-state index contributed by atoms with van der Waals surface area (Å²) in [6, 6.07) is 11.8. The second-order valence-electron chi connectivity index (χ2n) is 8.63. The normalized spacial score (nSPS) is 15.2. The van der Waals surface area contributed by atoms with Crippen LogP contribution >= 0.6 is 24.4 Å². The first-order chi connectivity index (χ1) is 17.2. The molecule has 1 saturated heterocycles. The van der Waals surface area contributed by atoms with Gasteiger partial charge in [0.05, 0.1) is 37.8 Å². The summed E-state index contributed by atoms with van der Waals surface area (Å²) in [5.41, 5.74) is 3.05. The third kappa shape index (κ3) is 6.64. The van der Waals surface area contributed by atoms with Crippen LogP contribution in [0.25, 0.3) is 0 Å². The standard InChI is InChI=1S/C26H34N6O2S2/c1-18-8-10-22(33-5)20(14-18)24(35)31(3)29-16-26(27-12-7-13-28-26)17-30-32(4)25(36)21-15-19(2)9-11-23(21)34-6/h8-11,14-17,27-28H,7,12-13H2,1-6H3/b29-16+,30-17+. The van der Waals surface area contributed by atoms with Crippen molar-refractivity contribution in [3.63, 3.8) is 0 Å². The van der Waals surface area contributed by atoms with Crippen molar-refractivity contribution in [2.45, 2.75) is 25.9 Å². The predicted molar refractivity (Wildman–Crippen MR) is 155 cm³/mol. The van der Waals surface area contributed by atoms with E-state index in [1.165, 1.54) is 0 Å². The second kappa shape index (κ2) is 12.4. The van der Waals surface area contributed by atoms with E-state index in [1.54, 1.807) is 36.7 Å². The lowest BCUT2D eigenvalue weighted by atomic mass is 10.1. The van der Waals surface area contributed by atoms with Crippen LogP contribution in [-0.4, -0.2) is 79.5 Å². The summed E-state index contributed by atoms with van der Waals surface area (Å²) in [5.74, 6) is 1.42. The Hall–Kier alpha value is -2.92. The van der Waals surface area contributed by atoms with Gasteiger partial charge in [-0.2, -0.15) is 10.2 Å². The molecule has 192 valence electrons. The summed E-state index contributed by atoms with van der Waals surface area (Å²) < 4.78 is 11.0. The Labute approximate surface area is 224 Å². The highest BCUT2D eigenvalue weighted by atomic mass is 32.1. The zero-order chi connectivity index (χ0) is 26.3. The van der Waals surface area contributed by atoms with Crippen molar-refractivity contribution in [1.29, 1.82) is 0 Å². The van der Waals surface area contributed by atoms with E-state index in [-0.39, 0.29) is 0 Å². The van der Waals surface area contributed by atoms with Gasteiger partial charge in [-0.15, -0.1) is 0 Å². The number of benzene rings is 2. The van der Waals surface area contributed by atoms with Gasteiger partial charge < -0.3 is 9.47 Å². The Kier molecular flexibility index (Phi) is 9.49. The van der Waals surface area contributed by atoms with Crippen LogP contribution in [0.4, 0.5) is 0 Å². The average molecular weight is 527 g/mol. The average Bonchev–Trinajstić information content (AvgIpc) is 2.90. The maximum absolute atomic E-state index is 5.71. The molecule has 2 N–H and O–H groups in total. The van der Waals surface area contributed by atoms with Crippen molar-refractivity contribution in [1.82, 2.24) is 20.7 Å². The molecule has 1 aliphatic rings. The zero-order valence-corrected chi connectivity index (χ0v) is 23.3. The minimum absolute atomic E-state index is 0.555. The minimum atomic E-state index is -0.765. The van der Waals surface area contributed by atoms with Crippen molar-refractivity contribution in [3.8, 4) is 11.5 Å². The first-order valence-corrected chi connectivity index (χ1v) is 12.5. The maximum Gasteiger partial charge on any atom is 0.146 e. The fraction of sp³-hybridized carbons (Fsp3) is 0.385. The number of thiocarbonyl (C=S) groups is 2. The Morgan fingerprint density at radius 2 is 1.25 bits per heavy atom. The van der Waals surface area contributed by atoms with Crippen LogP contribution < -0.4 is 20.1 Å². The van der Waals surface area contributed by atoms with Crippen LogP contribution in [0.1, 0.15) is 28.7 Å². The number of hydrogen-bond donors (Lipinski definition) is 2. The van der Waals surface area contributed by atoms with Gasteiger partial charge >= 0.3 is 0 Å². The van der Waals surface area contributed by atoms with Crippen LogP contribution in [0.3, 0.4) is 0 Å². The summed E-state index contributed by atoms with van der Waals surface area (Å²) in [5, 5.41) is 19.5. The number of hydrogen-bond acceptors (Lipinski definition) is 8. The summed E-state index contributed by atoms with van der Waals surface area (Å²) in [6.45, 7) is 5.66. The lowest BCUT2D eigenvalue weighted by Gasteiger charge is -2.33. The van der Waals surface area contributed by atoms with Crippen molar-refractivity contribution >= 4 is 46.8 Å². The van der Waals surface area contributed by atoms with Crippen LogP contribution in [0, 0.1) is 13.8 Å². The van der Waals surface area contributed by atoms with Crippen LogP contribution in [0.15, 0.2) is 46.6 Å². The van der Waals surface area contributed by atoms with Gasteiger partial charge in [-0.05, 0) is 57.6 Å². The maximum atomic E-state index is 5.71. The Balaban J connectivity index is 1.81. The van der Waals surface area contributed by atoms with E-state index in [0.29, 0.717) is 21.5 Å².